The Balaban J connectivity index is 1.35. The SMILES string of the molecule is CC(C)(C#CC1=NC([C@H](Cc2cc(F)cc(F)c2)NC(=O)Cn2nc(C(F)(F)F)c3c2C(F)(F)[C@@H]2CC[C@H]32)=C1C1=C2C(C(NS(C)(=O)=O)=NN2CC(F)(F)F)[C@H]1Cl)S(C)(=O)=O. The van der Waals surface area contributed by atoms with Crippen molar-refractivity contribution in [1.29, 1.82) is 0 Å². The number of allylic oxidation sites excluding steroid dienone is 2. The molecule has 1 unspecified atom stereocenters. The zero-order valence-electron chi connectivity index (χ0n) is 31.9. The van der Waals surface area contributed by atoms with Crippen LogP contribution in [0.3, 0.4) is 0 Å². The van der Waals surface area contributed by atoms with Crippen LogP contribution in [0.1, 0.15) is 55.1 Å². The van der Waals surface area contributed by atoms with Gasteiger partial charge >= 0.3 is 12.4 Å². The number of amides is 1. The van der Waals surface area contributed by atoms with Gasteiger partial charge in [0.25, 0.3) is 5.92 Å². The Morgan fingerprint density at radius 3 is 2.21 bits per heavy atom. The molecule has 1 aromatic carbocycles. The molecule has 1 saturated carbocycles. The van der Waals surface area contributed by atoms with E-state index in [0.717, 1.165) is 18.4 Å². The summed E-state index contributed by atoms with van der Waals surface area (Å²) < 4.78 is 194. The molecule has 0 radical (unpaired) electrons. The van der Waals surface area contributed by atoms with Crippen LogP contribution in [0.15, 0.2) is 50.8 Å². The average Bonchev–Trinajstić information content (AvgIpc) is 3.59. The van der Waals surface area contributed by atoms with E-state index in [9.17, 15) is 56.8 Å². The number of fused-ring (bicyclic) bond motifs is 4. The molecule has 1 aromatic heterocycles. The highest BCUT2D eigenvalue weighted by molar-refractivity contribution is 7.92. The quantitative estimate of drug-likeness (QED) is 0.187. The number of hydrogen-bond acceptors (Lipinski definition) is 9. The lowest BCUT2D eigenvalue weighted by Crippen LogP contribution is -2.48. The molecule has 1 amide bonds. The molecule has 2 N–H and O–H groups in total. The Kier molecular flexibility index (Phi) is 10.5. The van der Waals surface area contributed by atoms with E-state index >= 15 is 8.78 Å². The van der Waals surface area contributed by atoms with Gasteiger partial charge in [0.1, 0.15) is 46.7 Å². The molecule has 3 heterocycles. The van der Waals surface area contributed by atoms with Gasteiger partial charge in [-0.15, -0.1) is 11.6 Å². The van der Waals surface area contributed by atoms with Crippen molar-refractivity contribution < 1.29 is 65.5 Å². The third-order valence-corrected chi connectivity index (χ3v) is 14.0. The van der Waals surface area contributed by atoms with E-state index in [1.165, 1.54) is 13.8 Å². The Bertz CT molecular complexity index is 2660. The van der Waals surface area contributed by atoms with Gasteiger partial charge in [-0.2, -0.15) is 45.3 Å². The molecule has 5 aliphatic rings. The van der Waals surface area contributed by atoms with Gasteiger partial charge in [-0.3, -0.25) is 19.2 Å². The minimum absolute atomic E-state index is 0.0273. The van der Waals surface area contributed by atoms with Crippen molar-refractivity contribution in [2.45, 2.75) is 80.0 Å². The van der Waals surface area contributed by atoms with Crippen molar-refractivity contribution in [1.82, 2.24) is 24.8 Å². The van der Waals surface area contributed by atoms with E-state index in [-0.39, 0.29) is 51.3 Å². The van der Waals surface area contributed by atoms with E-state index in [1.54, 1.807) is 0 Å². The fraction of sp³-hybridized carbons (Fsp3) is 0.500. The molecule has 12 nitrogen and oxygen atoms in total. The molecule has 25 heteroatoms. The highest BCUT2D eigenvalue weighted by atomic mass is 35.5. The maximum Gasteiger partial charge on any atom is 0.435 e. The third-order valence-electron chi connectivity index (χ3n) is 11.0. The van der Waals surface area contributed by atoms with Crippen LogP contribution in [0, 0.1) is 35.3 Å². The molecule has 0 saturated heterocycles. The van der Waals surface area contributed by atoms with Gasteiger partial charge in [-0.1, -0.05) is 5.92 Å². The summed E-state index contributed by atoms with van der Waals surface area (Å²) >= 11 is 6.77. The number of hydrogen-bond donors (Lipinski definition) is 2. The second-order valence-electron chi connectivity index (χ2n) is 15.7. The molecular weight excluding hydrogens is 900 g/mol. The molecular formula is C36H32ClF10N7O5S2. The minimum Gasteiger partial charge on any atom is -0.346 e. The topological polar surface area (TPSA) is 155 Å². The van der Waals surface area contributed by atoms with E-state index in [0.29, 0.717) is 17.3 Å². The Morgan fingerprint density at radius 2 is 1.67 bits per heavy atom. The summed E-state index contributed by atoms with van der Waals surface area (Å²) in [6.45, 7) is -0.538. The van der Waals surface area contributed by atoms with E-state index < -0.39 is 132 Å². The Hall–Kier alpha value is -4.63. The largest absolute Gasteiger partial charge is 0.435 e. The first-order valence-corrected chi connectivity index (χ1v) is 22.3. The van der Waals surface area contributed by atoms with Crippen molar-refractivity contribution in [2.24, 2.45) is 21.9 Å². The summed E-state index contributed by atoms with van der Waals surface area (Å²) in [4.78, 5) is 18.1. The standard InChI is InChI=1S/C36H32ClF10N7O5S2/c1-33(2,60(3,56)57)8-7-20-24(25-27(37)26-29(25)54(14-34(40,41)42)51-32(26)52-61(4,58)59)28(49-20)21(11-15-9-16(38)12-17(39)10-15)48-22(55)13-53-31-23(30(50-53)36(45,46)47)18-5-6-19(18)35(31,43)44/h9-10,12,18-19,21,26-27H,5-6,11,13-14H2,1-4H3,(H,48,55)(H,51,52)/t18-,19+,21-,26?,27-/m0/s1. The fourth-order valence-corrected chi connectivity index (χ4v) is 9.13. The summed E-state index contributed by atoms with van der Waals surface area (Å²) in [5.74, 6) is -6.60. The molecule has 2 aromatic rings. The first-order valence-electron chi connectivity index (χ1n) is 18.0. The number of amidine groups is 1. The maximum absolute atomic E-state index is 15.6. The number of nitrogens with zero attached hydrogens (tertiary/aromatic N) is 5. The third kappa shape index (κ3) is 8.12. The highest BCUT2D eigenvalue weighted by Gasteiger charge is 2.64. The second-order valence-corrected chi connectivity index (χ2v) is 20.5. The van der Waals surface area contributed by atoms with Gasteiger partial charge in [0.05, 0.1) is 35.0 Å². The van der Waals surface area contributed by atoms with Crippen LogP contribution in [0.4, 0.5) is 43.9 Å². The summed E-state index contributed by atoms with van der Waals surface area (Å²) in [5, 5.41) is 8.61. The molecule has 0 spiro atoms. The maximum atomic E-state index is 15.6. The molecule has 7 rings (SSSR count). The van der Waals surface area contributed by atoms with E-state index in [1.807, 2.05) is 4.72 Å². The average molecular weight is 932 g/mol. The van der Waals surface area contributed by atoms with Crippen molar-refractivity contribution in [3.8, 4) is 11.8 Å². The normalized spacial score (nSPS) is 23.7. The number of nitrogens with one attached hydrogen (secondary N) is 2. The summed E-state index contributed by atoms with van der Waals surface area (Å²) in [6, 6.07) is 0.595. The molecule has 1 fully saturated rings. The lowest BCUT2D eigenvalue weighted by Gasteiger charge is -2.41. The smallest absolute Gasteiger partial charge is 0.346 e. The van der Waals surface area contributed by atoms with Gasteiger partial charge in [0, 0.05) is 34.9 Å². The van der Waals surface area contributed by atoms with Gasteiger partial charge in [-0.25, -0.2) is 30.6 Å². The number of alkyl halides is 9. The number of halogens is 11. The zero-order valence-corrected chi connectivity index (χ0v) is 34.3. The Labute approximate surface area is 346 Å². The van der Waals surface area contributed by atoms with Crippen molar-refractivity contribution in [3.05, 3.63) is 74.9 Å². The highest BCUT2D eigenvalue weighted by Crippen LogP contribution is 2.64. The molecule has 2 aliphatic heterocycles. The summed E-state index contributed by atoms with van der Waals surface area (Å²) in [5.41, 5.74) is -4.91. The van der Waals surface area contributed by atoms with Crippen molar-refractivity contribution >= 4 is 48.9 Å². The summed E-state index contributed by atoms with van der Waals surface area (Å²) in [6.07, 6.45) is -9.17. The minimum atomic E-state index is -5.17. The molecule has 61 heavy (non-hydrogen) atoms. The predicted molar refractivity (Wildman–Crippen MR) is 198 cm³/mol. The van der Waals surface area contributed by atoms with Gasteiger partial charge in [-0.05, 0) is 62.6 Å². The van der Waals surface area contributed by atoms with E-state index in [2.05, 4.69) is 32.4 Å². The van der Waals surface area contributed by atoms with Gasteiger partial charge in [0.15, 0.2) is 15.5 Å². The number of aliphatic imine (C=N–C) groups is 1. The van der Waals surface area contributed by atoms with E-state index in [4.69, 9.17) is 11.6 Å². The van der Waals surface area contributed by atoms with Gasteiger partial charge in [0.2, 0.25) is 15.9 Å². The van der Waals surface area contributed by atoms with Crippen LogP contribution in [-0.2, 0) is 49.7 Å². The molecule has 0 bridgehead atoms. The fourth-order valence-electron chi connectivity index (χ4n) is 7.89. The number of rotatable bonds is 10. The van der Waals surface area contributed by atoms with Crippen molar-refractivity contribution in [3.63, 3.8) is 0 Å². The lowest BCUT2D eigenvalue weighted by atomic mass is 9.73. The zero-order chi connectivity index (χ0) is 45.2. The Morgan fingerprint density at radius 1 is 1.03 bits per heavy atom. The first-order chi connectivity index (χ1) is 27.9. The second kappa shape index (κ2) is 14.5. The number of carbonyl (C=O) groups is 1. The molecule has 5 atom stereocenters. The number of aromatic nitrogens is 2. The van der Waals surface area contributed by atoms with Crippen LogP contribution in [0.25, 0.3) is 0 Å². The van der Waals surface area contributed by atoms with Crippen LogP contribution in [0.2, 0.25) is 0 Å². The predicted octanol–water partition coefficient (Wildman–Crippen LogP) is 5.27. The first kappa shape index (κ1) is 44.4. The van der Waals surface area contributed by atoms with Crippen LogP contribution < -0.4 is 10.0 Å². The van der Waals surface area contributed by atoms with Crippen LogP contribution in [0.5, 0.6) is 0 Å². The number of hydrazone groups is 1. The van der Waals surface area contributed by atoms with Crippen LogP contribution in [-0.4, -0.2) is 90.5 Å². The van der Waals surface area contributed by atoms with Crippen LogP contribution >= 0.6 is 11.6 Å². The molecule has 330 valence electrons. The number of sulfonamides is 1. The lowest BCUT2D eigenvalue weighted by molar-refractivity contribution is -0.144. The number of carbonyl (C=O) groups excluding carboxylic acids is 1. The van der Waals surface area contributed by atoms with Crippen molar-refractivity contribution in [2.75, 3.05) is 19.1 Å². The van der Waals surface area contributed by atoms with Gasteiger partial charge < -0.3 is 5.32 Å². The number of sulfone groups is 1. The summed E-state index contributed by atoms with van der Waals surface area (Å²) in [7, 11) is -8.03. The number of benzene rings is 1. The molecule has 3 aliphatic carbocycles. The monoisotopic (exact) mass is 931 g/mol.